The van der Waals surface area contributed by atoms with Gasteiger partial charge in [0.05, 0.1) is 11.9 Å². The first-order valence-corrected chi connectivity index (χ1v) is 6.12. The highest BCUT2D eigenvalue weighted by Crippen LogP contribution is 2.19. The molecule has 1 aliphatic carbocycles. The lowest BCUT2D eigenvalue weighted by molar-refractivity contribution is -0.121. The van der Waals surface area contributed by atoms with E-state index >= 15 is 0 Å². The molecule has 86 valence electrons. The van der Waals surface area contributed by atoms with Crippen molar-refractivity contribution in [3.8, 4) is 0 Å². The van der Waals surface area contributed by atoms with Gasteiger partial charge in [0.15, 0.2) is 0 Å². The SMILES string of the molecule is CC(Nc1cncc(Br)c1)C(=O)NC1CC1. The lowest BCUT2D eigenvalue weighted by Crippen LogP contribution is -2.38. The lowest BCUT2D eigenvalue weighted by atomic mass is 10.3. The summed E-state index contributed by atoms with van der Waals surface area (Å²) >= 11 is 3.34. The summed E-state index contributed by atoms with van der Waals surface area (Å²) in [7, 11) is 0. The summed E-state index contributed by atoms with van der Waals surface area (Å²) in [5, 5.41) is 6.07. The van der Waals surface area contributed by atoms with Crippen LogP contribution in [0.25, 0.3) is 0 Å². The van der Waals surface area contributed by atoms with E-state index in [4.69, 9.17) is 0 Å². The molecule has 0 aromatic carbocycles. The molecule has 16 heavy (non-hydrogen) atoms. The molecule has 4 nitrogen and oxygen atoms in total. The first-order chi connectivity index (χ1) is 7.65. The Morgan fingerprint density at radius 3 is 2.94 bits per heavy atom. The molecule has 1 aromatic heterocycles. The zero-order chi connectivity index (χ0) is 11.5. The van der Waals surface area contributed by atoms with E-state index in [2.05, 4.69) is 31.5 Å². The molecule has 0 radical (unpaired) electrons. The van der Waals surface area contributed by atoms with Gasteiger partial charge in [-0.2, -0.15) is 0 Å². The Balaban J connectivity index is 1.90. The number of pyridine rings is 1. The van der Waals surface area contributed by atoms with Crippen molar-refractivity contribution in [3.05, 3.63) is 22.9 Å². The summed E-state index contributed by atoms with van der Waals surface area (Å²) in [4.78, 5) is 15.7. The van der Waals surface area contributed by atoms with E-state index < -0.39 is 0 Å². The van der Waals surface area contributed by atoms with Crippen molar-refractivity contribution in [3.63, 3.8) is 0 Å². The Labute approximate surface area is 103 Å². The minimum Gasteiger partial charge on any atom is -0.373 e. The average Bonchev–Trinajstić information content (AvgIpc) is 3.01. The monoisotopic (exact) mass is 283 g/mol. The molecule has 0 spiro atoms. The highest BCUT2D eigenvalue weighted by Gasteiger charge is 2.25. The van der Waals surface area contributed by atoms with Crippen LogP contribution in [0.4, 0.5) is 5.69 Å². The van der Waals surface area contributed by atoms with Gasteiger partial charge in [-0.05, 0) is 41.8 Å². The highest BCUT2D eigenvalue weighted by molar-refractivity contribution is 9.10. The Bertz CT molecular complexity index is 393. The normalized spacial score (nSPS) is 16.6. The highest BCUT2D eigenvalue weighted by atomic mass is 79.9. The summed E-state index contributed by atoms with van der Waals surface area (Å²) in [5.41, 5.74) is 0.841. The lowest BCUT2D eigenvalue weighted by Gasteiger charge is -2.14. The number of amides is 1. The Hall–Kier alpha value is -1.10. The van der Waals surface area contributed by atoms with Gasteiger partial charge in [-0.1, -0.05) is 0 Å². The van der Waals surface area contributed by atoms with Crippen LogP contribution in [-0.4, -0.2) is 23.0 Å². The summed E-state index contributed by atoms with van der Waals surface area (Å²) in [6, 6.07) is 2.06. The maximum atomic E-state index is 11.7. The maximum absolute atomic E-state index is 11.7. The van der Waals surface area contributed by atoms with Gasteiger partial charge in [0.25, 0.3) is 0 Å². The molecule has 1 heterocycles. The third-order valence-electron chi connectivity index (χ3n) is 2.41. The number of carbonyl (C=O) groups excluding carboxylic acids is 1. The summed E-state index contributed by atoms with van der Waals surface area (Å²) in [5.74, 6) is 0.0440. The van der Waals surface area contributed by atoms with Crippen molar-refractivity contribution in [1.82, 2.24) is 10.3 Å². The average molecular weight is 284 g/mol. The molecular formula is C11H14BrN3O. The second-order valence-electron chi connectivity index (χ2n) is 4.04. The first-order valence-electron chi connectivity index (χ1n) is 5.32. The predicted molar refractivity (Wildman–Crippen MR) is 66.2 cm³/mol. The zero-order valence-corrected chi connectivity index (χ0v) is 10.6. The van der Waals surface area contributed by atoms with Crippen LogP contribution in [0, 0.1) is 0 Å². The van der Waals surface area contributed by atoms with Gasteiger partial charge < -0.3 is 10.6 Å². The molecule has 0 bridgehead atoms. The molecule has 1 atom stereocenters. The number of rotatable bonds is 4. The van der Waals surface area contributed by atoms with E-state index in [0.29, 0.717) is 6.04 Å². The molecule has 1 fully saturated rings. The van der Waals surface area contributed by atoms with E-state index in [-0.39, 0.29) is 11.9 Å². The van der Waals surface area contributed by atoms with Gasteiger partial charge in [0.2, 0.25) is 5.91 Å². The summed E-state index contributed by atoms with van der Waals surface area (Å²) in [6.45, 7) is 1.85. The Kier molecular flexibility index (Phi) is 3.43. The minimum atomic E-state index is -0.239. The molecular weight excluding hydrogens is 270 g/mol. The molecule has 2 rings (SSSR count). The molecule has 1 saturated carbocycles. The van der Waals surface area contributed by atoms with E-state index in [1.165, 1.54) is 0 Å². The van der Waals surface area contributed by atoms with Crippen LogP contribution in [0.3, 0.4) is 0 Å². The first kappa shape index (κ1) is 11.4. The van der Waals surface area contributed by atoms with Crippen LogP contribution in [0.1, 0.15) is 19.8 Å². The van der Waals surface area contributed by atoms with Crippen LogP contribution in [0.2, 0.25) is 0 Å². The minimum absolute atomic E-state index is 0.0440. The van der Waals surface area contributed by atoms with E-state index in [1.54, 1.807) is 12.4 Å². The van der Waals surface area contributed by atoms with Gasteiger partial charge >= 0.3 is 0 Å². The number of nitrogens with one attached hydrogen (secondary N) is 2. The molecule has 1 amide bonds. The van der Waals surface area contributed by atoms with E-state index in [0.717, 1.165) is 23.0 Å². The van der Waals surface area contributed by atoms with Crippen molar-refractivity contribution in [1.29, 1.82) is 0 Å². The van der Waals surface area contributed by atoms with Crippen molar-refractivity contribution in [2.75, 3.05) is 5.32 Å². The van der Waals surface area contributed by atoms with Gasteiger partial charge in [-0.15, -0.1) is 0 Å². The van der Waals surface area contributed by atoms with Crippen LogP contribution >= 0.6 is 15.9 Å². The van der Waals surface area contributed by atoms with Crippen LogP contribution in [0.15, 0.2) is 22.9 Å². The van der Waals surface area contributed by atoms with Crippen molar-refractivity contribution in [2.45, 2.75) is 31.8 Å². The van der Waals surface area contributed by atoms with E-state index in [1.807, 2.05) is 13.0 Å². The fraction of sp³-hybridized carbons (Fsp3) is 0.455. The standard InChI is InChI=1S/C11H14BrN3O/c1-7(11(16)15-9-2-3-9)14-10-4-8(12)5-13-6-10/h4-7,9,14H,2-3H2,1H3,(H,15,16). The molecule has 1 aromatic rings. The molecule has 0 saturated heterocycles. The number of hydrogen-bond acceptors (Lipinski definition) is 3. The topological polar surface area (TPSA) is 54.0 Å². The second-order valence-corrected chi connectivity index (χ2v) is 4.96. The van der Waals surface area contributed by atoms with Gasteiger partial charge in [0.1, 0.15) is 6.04 Å². The van der Waals surface area contributed by atoms with Crippen molar-refractivity contribution in [2.24, 2.45) is 0 Å². The molecule has 2 N–H and O–H groups in total. The summed E-state index contributed by atoms with van der Waals surface area (Å²) < 4.78 is 0.896. The van der Waals surface area contributed by atoms with Gasteiger partial charge in [-0.3, -0.25) is 9.78 Å². The number of aromatic nitrogens is 1. The fourth-order valence-electron chi connectivity index (χ4n) is 1.36. The fourth-order valence-corrected chi connectivity index (χ4v) is 1.73. The summed E-state index contributed by atoms with van der Waals surface area (Å²) in [6.07, 6.45) is 5.62. The smallest absolute Gasteiger partial charge is 0.242 e. The molecule has 0 aliphatic heterocycles. The van der Waals surface area contributed by atoms with Crippen molar-refractivity contribution < 1.29 is 4.79 Å². The third-order valence-corrected chi connectivity index (χ3v) is 2.84. The number of hydrogen-bond donors (Lipinski definition) is 2. The molecule has 1 aliphatic rings. The predicted octanol–water partition coefficient (Wildman–Crippen LogP) is 1.92. The second kappa shape index (κ2) is 4.82. The largest absolute Gasteiger partial charge is 0.373 e. The number of halogens is 1. The number of nitrogens with zero attached hydrogens (tertiary/aromatic N) is 1. The van der Waals surface area contributed by atoms with Crippen molar-refractivity contribution >= 4 is 27.5 Å². The third kappa shape index (κ3) is 3.20. The Morgan fingerprint density at radius 2 is 2.31 bits per heavy atom. The van der Waals surface area contributed by atoms with Crippen LogP contribution in [0.5, 0.6) is 0 Å². The molecule has 5 heteroatoms. The van der Waals surface area contributed by atoms with Crippen LogP contribution in [-0.2, 0) is 4.79 Å². The van der Waals surface area contributed by atoms with Crippen LogP contribution < -0.4 is 10.6 Å². The van der Waals surface area contributed by atoms with Gasteiger partial charge in [-0.25, -0.2) is 0 Å². The molecule has 1 unspecified atom stereocenters. The maximum Gasteiger partial charge on any atom is 0.242 e. The quantitative estimate of drug-likeness (QED) is 0.888. The zero-order valence-electron chi connectivity index (χ0n) is 9.03. The number of carbonyl (C=O) groups is 1. The van der Waals surface area contributed by atoms with E-state index in [9.17, 15) is 4.79 Å². The number of anilines is 1. The Morgan fingerprint density at radius 1 is 1.56 bits per heavy atom. The van der Waals surface area contributed by atoms with Gasteiger partial charge in [0, 0.05) is 16.7 Å².